The predicted molar refractivity (Wildman–Crippen MR) is 128 cm³/mol. The van der Waals surface area contributed by atoms with E-state index in [1.165, 1.54) is 0 Å². The Kier molecular flexibility index (Phi) is 9.37. The molecule has 1 N–H and O–H groups in total. The smallest absolute Gasteiger partial charge is 0.194 e. The van der Waals surface area contributed by atoms with Crippen LogP contribution in [0.2, 0.25) is 0 Å². The summed E-state index contributed by atoms with van der Waals surface area (Å²) in [6, 6.07) is 8.26. The van der Waals surface area contributed by atoms with Gasteiger partial charge in [-0.25, -0.2) is 4.99 Å². The maximum Gasteiger partial charge on any atom is 0.194 e. The van der Waals surface area contributed by atoms with Gasteiger partial charge in [0.15, 0.2) is 5.96 Å². The van der Waals surface area contributed by atoms with E-state index in [2.05, 4.69) is 53.1 Å². The summed E-state index contributed by atoms with van der Waals surface area (Å²) >= 11 is 0. The molecule has 0 bridgehead atoms. The normalized spacial score (nSPS) is 17.1. The summed E-state index contributed by atoms with van der Waals surface area (Å²) in [4.78, 5) is 9.52. The average molecular weight is 443 g/mol. The van der Waals surface area contributed by atoms with Crippen LogP contribution < -0.4 is 10.1 Å². The van der Waals surface area contributed by atoms with Crippen molar-refractivity contribution in [2.75, 3.05) is 52.5 Å². The summed E-state index contributed by atoms with van der Waals surface area (Å²) in [5.41, 5.74) is 2.26. The summed E-state index contributed by atoms with van der Waals surface area (Å²) in [6.45, 7) is 13.9. The predicted octanol–water partition coefficient (Wildman–Crippen LogP) is 2.68. The van der Waals surface area contributed by atoms with Crippen molar-refractivity contribution in [3.63, 3.8) is 0 Å². The Morgan fingerprint density at radius 1 is 1.25 bits per heavy atom. The monoisotopic (exact) mass is 442 g/mol. The van der Waals surface area contributed by atoms with Crippen molar-refractivity contribution >= 4 is 5.96 Å². The van der Waals surface area contributed by atoms with Gasteiger partial charge in [0, 0.05) is 38.4 Å². The number of hydrogen-bond donors (Lipinski definition) is 1. The van der Waals surface area contributed by atoms with Gasteiger partial charge in [-0.2, -0.15) is 5.10 Å². The zero-order chi connectivity index (χ0) is 22.8. The highest BCUT2D eigenvalue weighted by molar-refractivity contribution is 5.80. The number of hydrogen-bond acceptors (Lipinski definition) is 5. The SMILES string of the molecule is CCNC(=NCc1ccc(OCCN(CC)CC)cc1)N1CCOC(c2cnn(C)c2)C1. The van der Waals surface area contributed by atoms with Crippen molar-refractivity contribution in [1.29, 1.82) is 0 Å². The summed E-state index contributed by atoms with van der Waals surface area (Å²) in [7, 11) is 1.93. The number of nitrogens with one attached hydrogen (secondary N) is 1. The maximum absolute atomic E-state index is 5.98. The van der Waals surface area contributed by atoms with Crippen LogP contribution in [0.4, 0.5) is 0 Å². The molecule has 0 saturated carbocycles. The zero-order valence-electron chi connectivity index (χ0n) is 20.0. The first kappa shape index (κ1) is 24.1. The minimum Gasteiger partial charge on any atom is -0.492 e. The van der Waals surface area contributed by atoms with E-state index in [1.54, 1.807) is 0 Å². The van der Waals surface area contributed by atoms with Gasteiger partial charge in [-0.1, -0.05) is 26.0 Å². The molecule has 2 aromatic rings. The fourth-order valence-electron chi connectivity index (χ4n) is 3.77. The van der Waals surface area contributed by atoms with Crippen LogP contribution in [-0.4, -0.2) is 78.0 Å². The summed E-state index contributed by atoms with van der Waals surface area (Å²) in [5.74, 6) is 1.83. The second kappa shape index (κ2) is 12.5. The maximum atomic E-state index is 5.98. The number of aromatic nitrogens is 2. The van der Waals surface area contributed by atoms with E-state index in [-0.39, 0.29) is 6.10 Å². The van der Waals surface area contributed by atoms with Crippen molar-refractivity contribution in [1.82, 2.24) is 24.9 Å². The standard InChI is InChI=1S/C24H38N6O2/c1-5-25-24(30-13-15-32-23(19-30)21-17-27-28(4)18-21)26-16-20-8-10-22(11-9-20)31-14-12-29(6-2)7-3/h8-11,17-18,23H,5-7,12-16,19H2,1-4H3,(H,25,26). The highest BCUT2D eigenvalue weighted by atomic mass is 16.5. The number of rotatable bonds is 10. The molecule has 1 aliphatic rings. The Labute approximate surface area is 192 Å². The lowest BCUT2D eigenvalue weighted by atomic mass is 10.1. The highest BCUT2D eigenvalue weighted by Crippen LogP contribution is 2.22. The zero-order valence-corrected chi connectivity index (χ0v) is 20.0. The molecular weight excluding hydrogens is 404 g/mol. The third-order valence-electron chi connectivity index (χ3n) is 5.70. The van der Waals surface area contributed by atoms with Gasteiger partial charge in [-0.05, 0) is 37.7 Å². The molecule has 1 aromatic carbocycles. The number of aryl methyl sites for hydroxylation is 1. The van der Waals surface area contributed by atoms with Gasteiger partial charge in [-0.3, -0.25) is 4.68 Å². The first-order valence-electron chi connectivity index (χ1n) is 11.7. The second-order valence-electron chi connectivity index (χ2n) is 7.94. The van der Waals surface area contributed by atoms with Crippen molar-refractivity contribution in [2.24, 2.45) is 12.0 Å². The molecule has 3 rings (SSSR count). The topological polar surface area (TPSA) is 67.2 Å². The van der Waals surface area contributed by atoms with Crippen LogP contribution in [0, 0.1) is 0 Å². The lowest BCUT2D eigenvalue weighted by Crippen LogP contribution is -2.48. The van der Waals surface area contributed by atoms with Crippen molar-refractivity contribution in [3.8, 4) is 5.75 Å². The highest BCUT2D eigenvalue weighted by Gasteiger charge is 2.25. The van der Waals surface area contributed by atoms with Crippen LogP contribution in [0.15, 0.2) is 41.7 Å². The fraction of sp³-hybridized carbons (Fsp3) is 0.583. The molecule has 1 aliphatic heterocycles. The Bertz CT molecular complexity index is 831. The number of morpholine rings is 1. The average Bonchev–Trinajstić information content (AvgIpc) is 3.27. The lowest BCUT2D eigenvalue weighted by molar-refractivity contribution is -0.00805. The molecule has 8 nitrogen and oxygen atoms in total. The van der Waals surface area contributed by atoms with E-state index in [4.69, 9.17) is 14.5 Å². The number of aliphatic imine (C=N–C) groups is 1. The van der Waals surface area contributed by atoms with Gasteiger partial charge in [0.25, 0.3) is 0 Å². The second-order valence-corrected chi connectivity index (χ2v) is 7.94. The lowest BCUT2D eigenvalue weighted by Gasteiger charge is -2.34. The number of nitrogens with zero attached hydrogens (tertiary/aromatic N) is 5. The van der Waals surface area contributed by atoms with E-state index in [0.717, 1.165) is 62.1 Å². The van der Waals surface area contributed by atoms with Crippen molar-refractivity contribution < 1.29 is 9.47 Å². The minimum absolute atomic E-state index is 0.00841. The molecule has 1 aromatic heterocycles. The molecule has 1 fully saturated rings. The molecule has 0 aliphatic carbocycles. The van der Waals surface area contributed by atoms with Crippen LogP contribution in [0.5, 0.6) is 5.75 Å². The van der Waals surface area contributed by atoms with Gasteiger partial charge in [0.2, 0.25) is 0 Å². The first-order chi connectivity index (χ1) is 15.6. The van der Waals surface area contributed by atoms with Crippen molar-refractivity contribution in [3.05, 3.63) is 47.8 Å². The molecule has 2 heterocycles. The van der Waals surface area contributed by atoms with E-state index >= 15 is 0 Å². The molecule has 0 amide bonds. The largest absolute Gasteiger partial charge is 0.492 e. The summed E-state index contributed by atoms with van der Waals surface area (Å²) in [5, 5.41) is 7.71. The molecule has 8 heteroatoms. The number of guanidine groups is 1. The molecule has 1 atom stereocenters. The third kappa shape index (κ3) is 6.97. The van der Waals surface area contributed by atoms with E-state index < -0.39 is 0 Å². The third-order valence-corrected chi connectivity index (χ3v) is 5.70. The van der Waals surface area contributed by atoms with Crippen LogP contribution in [0.25, 0.3) is 0 Å². The van der Waals surface area contributed by atoms with Gasteiger partial charge >= 0.3 is 0 Å². The van der Waals surface area contributed by atoms with E-state index in [1.807, 2.05) is 36.3 Å². The molecule has 0 spiro atoms. The Hall–Kier alpha value is -2.58. The fourth-order valence-corrected chi connectivity index (χ4v) is 3.77. The van der Waals surface area contributed by atoms with Gasteiger partial charge in [-0.15, -0.1) is 0 Å². The summed E-state index contributed by atoms with van der Waals surface area (Å²) in [6.07, 6.45) is 3.91. The Morgan fingerprint density at radius 3 is 2.69 bits per heavy atom. The number of benzene rings is 1. The number of likely N-dealkylation sites (N-methyl/N-ethyl adjacent to an activating group) is 1. The van der Waals surface area contributed by atoms with E-state index in [9.17, 15) is 0 Å². The van der Waals surface area contributed by atoms with Gasteiger partial charge in [0.1, 0.15) is 18.5 Å². The Balaban J connectivity index is 1.56. The molecule has 32 heavy (non-hydrogen) atoms. The number of ether oxygens (including phenoxy) is 2. The molecule has 1 unspecified atom stereocenters. The first-order valence-corrected chi connectivity index (χ1v) is 11.7. The van der Waals surface area contributed by atoms with Crippen LogP contribution in [0.1, 0.15) is 38.0 Å². The minimum atomic E-state index is 0.00841. The molecule has 0 radical (unpaired) electrons. The quantitative estimate of drug-likeness (QED) is 0.451. The van der Waals surface area contributed by atoms with Crippen LogP contribution in [0.3, 0.4) is 0 Å². The molecular formula is C24H38N6O2. The summed E-state index contributed by atoms with van der Waals surface area (Å²) < 4.78 is 13.7. The van der Waals surface area contributed by atoms with E-state index in [0.29, 0.717) is 19.8 Å². The Morgan fingerprint density at radius 2 is 2.03 bits per heavy atom. The van der Waals surface area contributed by atoms with Crippen LogP contribution in [-0.2, 0) is 18.3 Å². The van der Waals surface area contributed by atoms with Crippen LogP contribution >= 0.6 is 0 Å². The molecule has 176 valence electrons. The van der Waals surface area contributed by atoms with Gasteiger partial charge < -0.3 is 24.6 Å². The molecule has 1 saturated heterocycles. The van der Waals surface area contributed by atoms with Gasteiger partial charge in [0.05, 0.1) is 25.9 Å². The van der Waals surface area contributed by atoms with Crippen molar-refractivity contribution in [2.45, 2.75) is 33.4 Å².